The van der Waals surface area contributed by atoms with E-state index in [0.717, 1.165) is 50.3 Å². The Morgan fingerprint density at radius 2 is 1.00 bits per heavy atom. The van der Waals surface area contributed by atoms with Gasteiger partial charge in [-0.05, 0) is 115 Å². The van der Waals surface area contributed by atoms with Crippen molar-refractivity contribution in [2.45, 2.75) is 19.3 Å². The summed E-state index contributed by atoms with van der Waals surface area (Å²) in [7, 11) is 0. The van der Waals surface area contributed by atoms with Gasteiger partial charge in [-0.1, -0.05) is 202 Å². The second-order valence-corrected chi connectivity index (χ2v) is 17.6. The minimum atomic E-state index is -0.363. The van der Waals surface area contributed by atoms with Gasteiger partial charge in [-0.3, -0.25) is 0 Å². The Kier molecular flexibility index (Phi) is 8.69. The molecule has 0 unspecified atom stereocenters. The van der Waals surface area contributed by atoms with Crippen molar-refractivity contribution in [2.24, 2.45) is 0 Å². The van der Waals surface area contributed by atoms with E-state index in [4.69, 9.17) is 0 Å². The molecule has 0 saturated carbocycles. The standard InChI is InChI=1S/C63H46N2/c1-63(2)57-39-44(32-31-43-33-36-50(37-34-43)64(48-24-11-5-12-25-48)59-40-47-23-15-16-28-51(47)52-29-17-18-30-54(52)59)35-38-53(57)55-41-56-60(42-58(55)63)65(49-26-13-6-14-27-49)62(46-21-9-4-10-22-46)61(56)45-19-7-3-8-20-45/h3-42H,1-2H3/b32-31+/i31D,32D. The minimum absolute atomic E-state index is 0.186. The molecular formula is C63H46N2. The van der Waals surface area contributed by atoms with Crippen molar-refractivity contribution in [3.05, 3.63) is 253 Å². The fourth-order valence-corrected chi connectivity index (χ4v) is 10.3. The molecule has 308 valence electrons. The number of benzene rings is 10. The van der Waals surface area contributed by atoms with Gasteiger partial charge in [-0.25, -0.2) is 0 Å². The third kappa shape index (κ3) is 6.49. The lowest BCUT2D eigenvalue weighted by Crippen LogP contribution is -2.15. The number of para-hydroxylation sites is 2. The fourth-order valence-electron chi connectivity index (χ4n) is 10.3. The van der Waals surface area contributed by atoms with Crippen LogP contribution in [0.25, 0.3) is 83.8 Å². The molecule has 0 amide bonds. The zero-order chi connectivity index (χ0) is 45.2. The quantitative estimate of drug-likeness (QED) is 0.109. The molecule has 2 heteroatoms. The van der Waals surface area contributed by atoms with E-state index in [1.165, 1.54) is 55.1 Å². The summed E-state index contributed by atoms with van der Waals surface area (Å²) in [5, 5.41) is 5.95. The summed E-state index contributed by atoms with van der Waals surface area (Å²) in [6, 6.07) is 81.8. The number of nitrogens with zero attached hydrogens (tertiary/aromatic N) is 2. The summed E-state index contributed by atoms with van der Waals surface area (Å²) < 4.78 is 21.4. The summed E-state index contributed by atoms with van der Waals surface area (Å²) in [6.07, 6.45) is 0. The van der Waals surface area contributed by atoms with Gasteiger partial charge in [0.1, 0.15) is 0 Å². The van der Waals surface area contributed by atoms with E-state index in [1.54, 1.807) is 0 Å². The van der Waals surface area contributed by atoms with Crippen molar-refractivity contribution in [1.82, 2.24) is 4.57 Å². The van der Waals surface area contributed by atoms with Crippen LogP contribution in [0.1, 0.15) is 38.8 Å². The monoisotopic (exact) mass is 832 g/mol. The van der Waals surface area contributed by atoms with Crippen molar-refractivity contribution in [2.75, 3.05) is 4.90 Å². The average Bonchev–Trinajstić information content (AvgIpc) is 3.84. The summed E-state index contributed by atoms with van der Waals surface area (Å²) in [6.45, 7) is 4.59. The Bertz CT molecular complexity index is 3700. The Morgan fingerprint density at radius 1 is 0.446 bits per heavy atom. The van der Waals surface area contributed by atoms with Gasteiger partial charge in [-0.2, -0.15) is 0 Å². The summed E-state index contributed by atoms with van der Waals surface area (Å²) in [5.41, 5.74) is 15.9. The highest BCUT2D eigenvalue weighted by Gasteiger charge is 2.37. The van der Waals surface area contributed by atoms with Gasteiger partial charge in [0.2, 0.25) is 0 Å². The second kappa shape index (κ2) is 15.6. The van der Waals surface area contributed by atoms with Gasteiger partial charge in [0.25, 0.3) is 0 Å². The molecule has 11 aromatic rings. The molecule has 0 saturated heterocycles. The van der Waals surface area contributed by atoms with Crippen LogP contribution >= 0.6 is 0 Å². The Labute approximate surface area is 383 Å². The lowest BCUT2D eigenvalue weighted by molar-refractivity contribution is 0.661. The van der Waals surface area contributed by atoms with Crippen molar-refractivity contribution in [3.63, 3.8) is 0 Å². The van der Waals surface area contributed by atoms with Gasteiger partial charge in [-0.15, -0.1) is 0 Å². The van der Waals surface area contributed by atoms with Crippen LogP contribution in [0.3, 0.4) is 0 Å². The van der Waals surface area contributed by atoms with E-state index in [2.05, 4.69) is 230 Å². The van der Waals surface area contributed by atoms with Crippen LogP contribution in [0.5, 0.6) is 0 Å². The first-order chi connectivity index (χ1) is 32.8. The first-order valence-electron chi connectivity index (χ1n) is 23.4. The zero-order valence-corrected chi connectivity index (χ0v) is 36.3. The molecule has 0 N–H and O–H groups in total. The van der Waals surface area contributed by atoms with Crippen LogP contribution in [0.15, 0.2) is 231 Å². The molecular weight excluding hydrogens is 785 g/mol. The van der Waals surface area contributed by atoms with Gasteiger partial charge < -0.3 is 9.47 Å². The molecule has 0 fully saturated rings. The topological polar surface area (TPSA) is 8.17 Å². The van der Waals surface area contributed by atoms with E-state index in [1.807, 2.05) is 24.3 Å². The molecule has 12 rings (SSSR count). The maximum Gasteiger partial charge on any atom is 0.0629 e. The van der Waals surface area contributed by atoms with Gasteiger partial charge in [0.15, 0.2) is 0 Å². The normalized spacial score (nSPS) is 13.6. The minimum Gasteiger partial charge on any atom is -0.310 e. The summed E-state index contributed by atoms with van der Waals surface area (Å²) >= 11 is 0. The molecule has 0 spiro atoms. The molecule has 0 aliphatic heterocycles. The van der Waals surface area contributed by atoms with Crippen LogP contribution in [0.2, 0.25) is 0 Å². The van der Waals surface area contributed by atoms with E-state index >= 15 is 0 Å². The SMILES string of the molecule is [2H]/C(=C(/[2H])c1ccc2c(c1)C(C)(C)c1cc3c(cc1-2)c(-c1ccccc1)c(-c1ccccc1)n3-c1ccccc1)c1ccc(N(c2ccccc2)c2cc3ccccc3c3ccccc23)cc1. The van der Waals surface area contributed by atoms with Crippen molar-refractivity contribution in [1.29, 1.82) is 0 Å². The second-order valence-electron chi connectivity index (χ2n) is 17.6. The summed E-state index contributed by atoms with van der Waals surface area (Å²) in [5.74, 6) is 0. The average molecular weight is 833 g/mol. The number of fused-ring (bicyclic) bond motifs is 7. The van der Waals surface area contributed by atoms with Crippen LogP contribution in [0, 0.1) is 0 Å². The molecule has 0 atom stereocenters. The van der Waals surface area contributed by atoms with Gasteiger partial charge >= 0.3 is 0 Å². The predicted molar refractivity (Wildman–Crippen MR) is 277 cm³/mol. The highest BCUT2D eigenvalue weighted by Crippen LogP contribution is 2.53. The number of rotatable bonds is 8. The smallest absolute Gasteiger partial charge is 0.0629 e. The molecule has 10 aromatic carbocycles. The molecule has 1 heterocycles. The molecule has 1 aromatic heterocycles. The highest BCUT2D eigenvalue weighted by molar-refractivity contribution is 6.14. The molecule has 1 aliphatic carbocycles. The Morgan fingerprint density at radius 3 is 1.72 bits per heavy atom. The third-order valence-corrected chi connectivity index (χ3v) is 13.4. The number of hydrogen-bond donors (Lipinski definition) is 0. The maximum atomic E-state index is 9.51. The van der Waals surface area contributed by atoms with Crippen LogP contribution in [-0.4, -0.2) is 4.57 Å². The van der Waals surface area contributed by atoms with Crippen LogP contribution in [-0.2, 0) is 5.41 Å². The largest absolute Gasteiger partial charge is 0.310 e. The van der Waals surface area contributed by atoms with Crippen LogP contribution in [0.4, 0.5) is 17.1 Å². The fraction of sp³-hybridized carbons (Fsp3) is 0.0476. The predicted octanol–water partition coefficient (Wildman–Crippen LogP) is 17.2. The molecule has 2 nitrogen and oxygen atoms in total. The first-order valence-corrected chi connectivity index (χ1v) is 22.4. The van der Waals surface area contributed by atoms with E-state index < -0.39 is 0 Å². The van der Waals surface area contributed by atoms with Crippen LogP contribution < -0.4 is 4.90 Å². The Hall–Kier alpha value is -8.20. The number of aromatic nitrogens is 1. The van der Waals surface area contributed by atoms with Crippen molar-refractivity contribution >= 4 is 61.6 Å². The lowest BCUT2D eigenvalue weighted by atomic mass is 9.81. The van der Waals surface area contributed by atoms with E-state index in [9.17, 15) is 2.74 Å². The molecule has 0 bridgehead atoms. The molecule has 1 aliphatic rings. The van der Waals surface area contributed by atoms with E-state index in [-0.39, 0.29) is 17.5 Å². The Balaban J connectivity index is 0.955. The van der Waals surface area contributed by atoms with Crippen molar-refractivity contribution in [3.8, 4) is 39.2 Å². The van der Waals surface area contributed by atoms with Gasteiger partial charge in [0.05, 0.1) is 19.6 Å². The first kappa shape index (κ1) is 36.3. The highest BCUT2D eigenvalue weighted by atomic mass is 15.1. The molecule has 65 heavy (non-hydrogen) atoms. The van der Waals surface area contributed by atoms with Gasteiger partial charge in [0, 0.05) is 38.8 Å². The third-order valence-electron chi connectivity index (χ3n) is 13.4. The summed E-state index contributed by atoms with van der Waals surface area (Å²) in [4.78, 5) is 2.30. The lowest BCUT2D eigenvalue weighted by Gasteiger charge is -2.27. The number of hydrogen-bond acceptors (Lipinski definition) is 1. The molecule has 0 radical (unpaired) electrons. The van der Waals surface area contributed by atoms with E-state index in [0.29, 0.717) is 5.56 Å². The zero-order valence-electron chi connectivity index (χ0n) is 38.3. The number of anilines is 3. The maximum absolute atomic E-state index is 9.51. The van der Waals surface area contributed by atoms with Crippen molar-refractivity contribution < 1.29 is 2.74 Å².